The van der Waals surface area contributed by atoms with Crippen molar-refractivity contribution in [1.29, 1.82) is 0 Å². The fraction of sp³-hybridized carbons (Fsp3) is 0.125. The highest BCUT2D eigenvalue weighted by Crippen LogP contribution is 2.14. The minimum atomic E-state index is -0.684. The second-order valence-electron chi connectivity index (χ2n) is 5.08. The van der Waals surface area contributed by atoms with Gasteiger partial charge in [-0.15, -0.1) is 0 Å². The lowest BCUT2D eigenvalue weighted by molar-refractivity contribution is -0.391. The molecule has 0 saturated heterocycles. The number of rotatable bonds is 5. The quantitative estimate of drug-likeness (QED) is 0.433. The van der Waals surface area contributed by atoms with Gasteiger partial charge in [0.05, 0.1) is 18.8 Å². The van der Waals surface area contributed by atoms with Crippen LogP contribution in [0.1, 0.15) is 5.56 Å². The van der Waals surface area contributed by atoms with Crippen molar-refractivity contribution in [3.8, 4) is 11.4 Å². The zero-order chi connectivity index (χ0) is 17.8. The molecule has 3 rings (SSSR count). The molecule has 128 valence electrons. The molecule has 25 heavy (non-hydrogen) atoms. The topological polar surface area (TPSA) is 108 Å². The molecule has 0 bridgehead atoms. The third kappa shape index (κ3) is 3.34. The molecule has 0 spiro atoms. The van der Waals surface area contributed by atoms with E-state index in [2.05, 4.69) is 10.1 Å². The molecule has 9 heteroatoms. The number of nitro groups is 1. The zero-order valence-corrected chi connectivity index (χ0v) is 13.3. The second kappa shape index (κ2) is 6.87. The van der Waals surface area contributed by atoms with Crippen LogP contribution in [-0.2, 0) is 6.54 Å². The molecule has 9 nitrogen and oxygen atoms in total. The zero-order valence-electron chi connectivity index (χ0n) is 13.3. The molecule has 0 aliphatic carbocycles. The van der Waals surface area contributed by atoms with Crippen molar-refractivity contribution in [2.24, 2.45) is 4.99 Å². The van der Waals surface area contributed by atoms with Crippen molar-refractivity contribution in [2.75, 3.05) is 7.11 Å². The highest BCUT2D eigenvalue weighted by Gasteiger charge is 2.23. The Morgan fingerprint density at radius 3 is 2.48 bits per heavy atom. The van der Waals surface area contributed by atoms with Gasteiger partial charge < -0.3 is 20.1 Å². The molecule has 0 atom stereocenters. The normalized spacial score (nSPS) is 11.5. The van der Waals surface area contributed by atoms with Gasteiger partial charge in [-0.3, -0.25) is 4.99 Å². The Morgan fingerprint density at radius 1 is 1.20 bits per heavy atom. The lowest BCUT2D eigenvalue weighted by Crippen LogP contribution is -2.22. The standard InChI is InChI=1S/C16H15N5O4/c1-25-14-9-7-13(8-10-14)19-18-16(21(23)24)15(20(19)22)17-11-12-5-3-2-4-6-12/h2-10,22H,11H2,1H3. The van der Waals surface area contributed by atoms with Crippen LogP contribution in [0.4, 0.5) is 5.82 Å². The summed E-state index contributed by atoms with van der Waals surface area (Å²) in [5.41, 5.74) is 1.05. The summed E-state index contributed by atoms with van der Waals surface area (Å²) in [4.78, 5) is 16.3. The van der Waals surface area contributed by atoms with Gasteiger partial charge in [-0.1, -0.05) is 35.2 Å². The first-order valence-corrected chi connectivity index (χ1v) is 7.35. The summed E-state index contributed by atoms with van der Waals surface area (Å²) in [5.74, 6) is 0.0816. The first-order valence-electron chi connectivity index (χ1n) is 7.35. The van der Waals surface area contributed by atoms with Crippen LogP contribution < -0.4 is 10.2 Å². The van der Waals surface area contributed by atoms with Crippen LogP contribution in [0.2, 0.25) is 0 Å². The molecule has 0 aliphatic rings. The molecule has 1 aromatic heterocycles. The van der Waals surface area contributed by atoms with Crippen LogP contribution in [-0.4, -0.2) is 32.0 Å². The maximum absolute atomic E-state index is 11.3. The Hall–Kier alpha value is -3.62. The highest BCUT2D eigenvalue weighted by molar-refractivity contribution is 5.36. The van der Waals surface area contributed by atoms with E-state index in [0.717, 1.165) is 10.4 Å². The van der Waals surface area contributed by atoms with E-state index in [-0.39, 0.29) is 12.0 Å². The molecule has 1 N–H and O–H groups in total. The molecular formula is C16H15N5O4. The van der Waals surface area contributed by atoms with Crippen LogP contribution in [0.5, 0.6) is 5.75 Å². The van der Waals surface area contributed by atoms with Gasteiger partial charge in [0.2, 0.25) is 0 Å². The average molecular weight is 341 g/mol. The van der Waals surface area contributed by atoms with Crippen molar-refractivity contribution in [2.45, 2.75) is 6.54 Å². The molecule has 0 saturated carbocycles. The molecule has 3 aromatic rings. The van der Waals surface area contributed by atoms with Gasteiger partial charge in [0.1, 0.15) is 11.4 Å². The van der Waals surface area contributed by atoms with Crippen molar-refractivity contribution in [3.63, 3.8) is 0 Å². The van der Waals surface area contributed by atoms with Crippen molar-refractivity contribution in [1.82, 2.24) is 14.7 Å². The molecule has 0 aliphatic heterocycles. The maximum atomic E-state index is 11.3. The predicted molar refractivity (Wildman–Crippen MR) is 87.7 cm³/mol. The van der Waals surface area contributed by atoms with Crippen LogP contribution >= 0.6 is 0 Å². The summed E-state index contributed by atoms with van der Waals surface area (Å²) in [6.45, 7) is 0.177. The van der Waals surface area contributed by atoms with Gasteiger partial charge in [-0.2, -0.15) is 0 Å². The van der Waals surface area contributed by atoms with E-state index in [4.69, 9.17) is 4.74 Å². The Labute approximate surface area is 142 Å². The summed E-state index contributed by atoms with van der Waals surface area (Å²) in [6.07, 6.45) is 0. The van der Waals surface area contributed by atoms with Crippen LogP contribution in [0.15, 0.2) is 59.6 Å². The monoisotopic (exact) mass is 341 g/mol. The number of benzene rings is 2. The number of ether oxygens (including phenoxy) is 1. The van der Waals surface area contributed by atoms with E-state index in [1.165, 1.54) is 7.11 Å². The molecule has 0 radical (unpaired) electrons. The summed E-state index contributed by atoms with van der Waals surface area (Å²) >= 11 is 0. The lowest BCUT2D eigenvalue weighted by atomic mass is 10.2. The number of aromatic nitrogens is 3. The van der Waals surface area contributed by atoms with Crippen LogP contribution in [0.3, 0.4) is 0 Å². The number of hydrogen-bond donors (Lipinski definition) is 1. The van der Waals surface area contributed by atoms with E-state index in [0.29, 0.717) is 16.3 Å². The fourth-order valence-electron chi connectivity index (χ4n) is 2.24. The molecule has 0 amide bonds. The van der Waals surface area contributed by atoms with E-state index < -0.39 is 10.7 Å². The SMILES string of the molecule is COc1ccc(-n2nc([N+](=O)[O-])c(=NCc3ccccc3)n2O)cc1. The van der Waals surface area contributed by atoms with Crippen molar-refractivity contribution < 1.29 is 14.9 Å². The third-order valence-electron chi connectivity index (χ3n) is 3.49. The molecular weight excluding hydrogens is 326 g/mol. The summed E-state index contributed by atoms with van der Waals surface area (Å²) in [7, 11) is 1.53. The van der Waals surface area contributed by atoms with Gasteiger partial charge in [0, 0.05) is 0 Å². The van der Waals surface area contributed by atoms with Gasteiger partial charge in [0.15, 0.2) is 0 Å². The summed E-state index contributed by atoms with van der Waals surface area (Å²) < 4.78 is 5.06. The average Bonchev–Trinajstić information content (AvgIpc) is 2.98. The Balaban J connectivity index is 2.05. The first-order chi connectivity index (χ1) is 12.1. The predicted octanol–water partition coefficient (Wildman–Crippen LogP) is 1.93. The Bertz CT molecular complexity index is 945. The molecule has 2 aromatic carbocycles. The summed E-state index contributed by atoms with van der Waals surface area (Å²) in [6, 6.07) is 15.8. The number of hydrogen-bond acceptors (Lipinski definition) is 6. The molecule has 1 heterocycles. The van der Waals surface area contributed by atoms with Crippen molar-refractivity contribution in [3.05, 3.63) is 75.8 Å². The van der Waals surface area contributed by atoms with Crippen LogP contribution in [0, 0.1) is 10.1 Å². The fourth-order valence-corrected chi connectivity index (χ4v) is 2.24. The largest absolute Gasteiger partial charge is 0.497 e. The van der Waals surface area contributed by atoms with Crippen LogP contribution in [0.25, 0.3) is 5.69 Å². The van der Waals surface area contributed by atoms with Gasteiger partial charge in [0.25, 0.3) is 5.49 Å². The maximum Gasteiger partial charge on any atom is 0.438 e. The lowest BCUT2D eigenvalue weighted by Gasteiger charge is -2.02. The Kier molecular flexibility index (Phi) is 4.46. The van der Waals surface area contributed by atoms with E-state index in [9.17, 15) is 15.3 Å². The third-order valence-corrected chi connectivity index (χ3v) is 3.49. The minimum absolute atomic E-state index is 0.177. The minimum Gasteiger partial charge on any atom is -0.497 e. The smallest absolute Gasteiger partial charge is 0.438 e. The second-order valence-corrected chi connectivity index (χ2v) is 5.08. The van der Waals surface area contributed by atoms with E-state index in [1.54, 1.807) is 24.3 Å². The highest BCUT2D eigenvalue weighted by atomic mass is 16.6. The van der Waals surface area contributed by atoms with E-state index in [1.807, 2.05) is 30.3 Å². The first kappa shape index (κ1) is 16.2. The van der Waals surface area contributed by atoms with Gasteiger partial charge in [-0.05, 0) is 39.5 Å². The van der Waals surface area contributed by atoms with Gasteiger partial charge in [-0.25, -0.2) is 0 Å². The number of methoxy groups -OCH3 is 1. The van der Waals surface area contributed by atoms with Crippen molar-refractivity contribution >= 4 is 5.82 Å². The van der Waals surface area contributed by atoms with E-state index >= 15 is 0 Å². The molecule has 0 unspecified atom stereocenters. The summed E-state index contributed by atoms with van der Waals surface area (Å²) in [5, 5.41) is 25.4. The number of nitrogens with zero attached hydrogens (tertiary/aromatic N) is 5. The Morgan fingerprint density at radius 2 is 1.88 bits per heavy atom. The molecule has 0 fully saturated rings. The van der Waals surface area contributed by atoms with Gasteiger partial charge >= 0.3 is 5.82 Å².